The molecule has 1 N–H and O–H groups in total. The summed E-state index contributed by atoms with van der Waals surface area (Å²) in [4.78, 5) is 39.3. The molecule has 1 atom stereocenters. The Balaban J connectivity index is 1.91. The summed E-state index contributed by atoms with van der Waals surface area (Å²) in [5, 5.41) is 2.69. The molecule has 0 spiro atoms. The van der Waals surface area contributed by atoms with E-state index in [4.69, 9.17) is 0 Å². The molecule has 0 bridgehead atoms. The fourth-order valence-corrected chi connectivity index (χ4v) is 4.92. The number of nitrogens with zero attached hydrogens (tertiary/aromatic N) is 2. The van der Waals surface area contributed by atoms with Crippen molar-refractivity contribution in [3.8, 4) is 0 Å². The van der Waals surface area contributed by atoms with Gasteiger partial charge in [0.05, 0.1) is 5.56 Å². The fourth-order valence-electron chi connectivity index (χ4n) is 3.40. The van der Waals surface area contributed by atoms with Crippen LogP contribution < -0.4 is 5.32 Å². The predicted octanol–water partition coefficient (Wildman–Crippen LogP) is 1.91. The van der Waals surface area contributed by atoms with Gasteiger partial charge >= 0.3 is 0 Å². The van der Waals surface area contributed by atoms with E-state index in [2.05, 4.69) is 5.32 Å². The molecule has 2 aromatic carbocycles. The van der Waals surface area contributed by atoms with Crippen LogP contribution >= 0.6 is 0 Å². The minimum atomic E-state index is -4.21. The number of benzene rings is 2. The standard InChI is InChI=1S/C22H24FN3O5S/c1-14(2)24-21(28)15(3)25(12-16-8-4-6-10-18(16)23)20(27)13-26-22(29)17-9-5-7-11-19(17)32(26,30)31/h4-11,14-15H,12-13H2,1-3H3,(H,24,28)/t15-/m1/s1. The first-order valence-electron chi connectivity index (χ1n) is 10.0. The number of amides is 3. The second-order valence-corrected chi connectivity index (χ2v) is 9.60. The second-order valence-electron chi connectivity index (χ2n) is 7.77. The van der Waals surface area contributed by atoms with Crippen LogP contribution in [0.25, 0.3) is 0 Å². The van der Waals surface area contributed by atoms with E-state index in [9.17, 15) is 27.2 Å². The van der Waals surface area contributed by atoms with Crippen molar-refractivity contribution in [3.63, 3.8) is 0 Å². The zero-order valence-electron chi connectivity index (χ0n) is 17.9. The van der Waals surface area contributed by atoms with Crippen LogP contribution in [0, 0.1) is 5.82 Å². The molecule has 3 rings (SSSR count). The summed E-state index contributed by atoms with van der Waals surface area (Å²) in [5.74, 6) is -2.67. The van der Waals surface area contributed by atoms with Crippen LogP contribution in [0.2, 0.25) is 0 Å². The van der Waals surface area contributed by atoms with E-state index in [-0.39, 0.29) is 28.6 Å². The number of sulfonamides is 1. The van der Waals surface area contributed by atoms with Crippen LogP contribution in [-0.2, 0) is 26.2 Å². The van der Waals surface area contributed by atoms with Gasteiger partial charge in [-0.15, -0.1) is 0 Å². The number of hydrogen-bond donors (Lipinski definition) is 1. The molecule has 0 aromatic heterocycles. The maximum atomic E-state index is 14.3. The van der Waals surface area contributed by atoms with Gasteiger partial charge in [0.1, 0.15) is 23.3 Å². The lowest BCUT2D eigenvalue weighted by molar-refractivity contribution is -0.140. The SMILES string of the molecule is CC(C)NC(=O)[C@@H](C)N(Cc1ccccc1F)C(=O)CN1C(=O)c2ccccc2S1(=O)=O. The second kappa shape index (κ2) is 9.07. The Kier molecular flexibility index (Phi) is 6.63. The van der Waals surface area contributed by atoms with Gasteiger partial charge in [0.2, 0.25) is 11.8 Å². The predicted molar refractivity (Wildman–Crippen MR) is 114 cm³/mol. The van der Waals surface area contributed by atoms with Crippen molar-refractivity contribution in [1.82, 2.24) is 14.5 Å². The summed E-state index contributed by atoms with van der Waals surface area (Å²) >= 11 is 0. The lowest BCUT2D eigenvalue weighted by Gasteiger charge is -2.30. The summed E-state index contributed by atoms with van der Waals surface area (Å²) in [6.07, 6.45) is 0. The third kappa shape index (κ3) is 4.50. The molecule has 0 fully saturated rings. The Hall–Kier alpha value is -3.27. The van der Waals surface area contributed by atoms with E-state index >= 15 is 0 Å². The van der Waals surface area contributed by atoms with Crippen LogP contribution in [0.15, 0.2) is 53.4 Å². The first kappa shape index (κ1) is 23.4. The van der Waals surface area contributed by atoms with Crippen LogP contribution in [0.5, 0.6) is 0 Å². The quantitative estimate of drug-likeness (QED) is 0.679. The van der Waals surface area contributed by atoms with Crippen LogP contribution in [0.4, 0.5) is 4.39 Å². The summed E-state index contributed by atoms with van der Waals surface area (Å²) in [6, 6.07) is 10.2. The van der Waals surface area contributed by atoms with Crippen molar-refractivity contribution in [2.75, 3.05) is 6.54 Å². The van der Waals surface area contributed by atoms with Crippen molar-refractivity contribution in [2.24, 2.45) is 0 Å². The van der Waals surface area contributed by atoms with E-state index in [0.717, 1.165) is 4.90 Å². The Bertz CT molecular complexity index is 1170. The van der Waals surface area contributed by atoms with Crippen molar-refractivity contribution in [3.05, 3.63) is 65.5 Å². The van der Waals surface area contributed by atoms with Gasteiger partial charge in [0.25, 0.3) is 15.9 Å². The van der Waals surface area contributed by atoms with Gasteiger partial charge in [-0.2, -0.15) is 0 Å². The summed E-state index contributed by atoms with van der Waals surface area (Å²) in [5.41, 5.74) is 0.135. The molecule has 1 heterocycles. The largest absolute Gasteiger partial charge is 0.352 e. The normalized spacial score (nSPS) is 15.4. The van der Waals surface area contributed by atoms with Crippen LogP contribution in [-0.4, -0.2) is 54.0 Å². The number of fused-ring (bicyclic) bond motifs is 1. The van der Waals surface area contributed by atoms with Crippen molar-refractivity contribution in [1.29, 1.82) is 0 Å². The highest BCUT2D eigenvalue weighted by Crippen LogP contribution is 2.30. The van der Waals surface area contributed by atoms with Gasteiger partial charge < -0.3 is 10.2 Å². The van der Waals surface area contributed by atoms with Gasteiger partial charge in [-0.25, -0.2) is 17.1 Å². The summed E-state index contributed by atoms with van der Waals surface area (Å²) in [6.45, 7) is 3.89. The zero-order valence-corrected chi connectivity index (χ0v) is 18.7. The van der Waals surface area contributed by atoms with Gasteiger partial charge in [-0.3, -0.25) is 14.4 Å². The first-order valence-corrected chi connectivity index (χ1v) is 11.5. The average Bonchev–Trinajstić information content (AvgIpc) is 2.93. The molecule has 2 aromatic rings. The topological polar surface area (TPSA) is 104 Å². The molecule has 0 saturated heterocycles. The lowest BCUT2D eigenvalue weighted by Crippen LogP contribution is -2.52. The van der Waals surface area contributed by atoms with E-state index in [1.165, 1.54) is 49.4 Å². The molecule has 10 heteroatoms. The van der Waals surface area contributed by atoms with Crippen LogP contribution in [0.1, 0.15) is 36.7 Å². The lowest BCUT2D eigenvalue weighted by atomic mass is 10.1. The highest BCUT2D eigenvalue weighted by molar-refractivity contribution is 7.90. The van der Waals surface area contributed by atoms with Crippen molar-refractivity contribution < 1.29 is 27.2 Å². The van der Waals surface area contributed by atoms with Gasteiger partial charge in [0.15, 0.2) is 0 Å². The van der Waals surface area contributed by atoms with E-state index in [1.807, 2.05) is 0 Å². The molecule has 1 aliphatic rings. The Morgan fingerprint density at radius 3 is 2.31 bits per heavy atom. The summed E-state index contributed by atoms with van der Waals surface area (Å²) in [7, 11) is -4.21. The fraction of sp³-hybridized carbons (Fsp3) is 0.318. The van der Waals surface area contributed by atoms with Gasteiger partial charge in [0, 0.05) is 18.2 Å². The van der Waals surface area contributed by atoms with Gasteiger partial charge in [-0.1, -0.05) is 30.3 Å². The molecule has 3 amide bonds. The minimum Gasteiger partial charge on any atom is -0.352 e. The molecule has 32 heavy (non-hydrogen) atoms. The van der Waals surface area contributed by atoms with Crippen LogP contribution in [0.3, 0.4) is 0 Å². The third-order valence-corrected chi connectivity index (χ3v) is 6.87. The number of nitrogens with one attached hydrogen (secondary N) is 1. The highest BCUT2D eigenvalue weighted by Gasteiger charge is 2.43. The highest BCUT2D eigenvalue weighted by atomic mass is 32.2. The number of halogens is 1. The Morgan fingerprint density at radius 2 is 1.69 bits per heavy atom. The van der Waals surface area contributed by atoms with Crippen molar-refractivity contribution in [2.45, 2.75) is 44.3 Å². The van der Waals surface area contributed by atoms with E-state index in [1.54, 1.807) is 19.9 Å². The molecule has 0 radical (unpaired) electrons. The molecule has 1 aliphatic heterocycles. The van der Waals surface area contributed by atoms with E-state index < -0.39 is 46.1 Å². The van der Waals surface area contributed by atoms with Crippen molar-refractivity contribution >= 4 is 27.7 Å². The molecular weight excluding hydrogens is 437 g/mol. The number of rotatable bonds is 7. The number of carbonyl (C=O) groups is 3. The monoisotopic (exact) mass is 461 g/mol. The molecule has 8 nitrogen and oxygen atoms in total. The Morgan fingerprint density at radius 1 is 1.06 bits per heavy atom. The van der Waals surface area contributed by atoms with E-state index in [0.29, 0.717) is 4.31 Å². The summed E-state index contributed by atoms with van der Waals surface area (Å²) < 4.78 is 40.4. The third-order valence-electron chi connectivity index (χ3n) is 5.09. The number of carbonyl (C=O) groups excluding carboxylic acids is 3. The van der Waals surface area contributed by atoms with Gasteiger partial charge in [-0.05, 0) is 39.0 Å². The molecular formula is C22H24FN3O5S. The average molecular weight is 462 g/mol. The first-order chi connectivity index (χ1) is 15.0. The minimum absolute atomic E-state index is 0.0217. The maximum absolute atomic E-state index is 14.3. The molecule has 170 valence electrons. The maximum Gasteiger partial charge on any atom is 0.269 e. The Labute approximate surface area is 186 Å². The smallest absolute Gasteiger partial charge is 0.269 e. The molecule has 0 saturated carbocycles. The molecule has 0 aliphatic carbocycles. The zero-order chi connectivity index (χ0) is 23.6. The number of hydrogen-bond acceptors (Lipinski definition) is 5. The molecule has 0 unspecified atom stereocenters.